The summed E-state index contributed by atoms with van der Waals surface area (Å²) in [5.41, 5.74) is 21.2. The van der Waals surface area contributed by atoms with Crippen molar-refractivity contribution in [1.29, 1.82) is 0 Å². The van der Waals surface area contributed by atoms with Crippen molar-refractivity contribution in [2.45, 2.75) is 57.8 Å². The molecule has 3 aliphatic rings. The third-order valence-corrected chi connectivity index (χ3v) is 17.4. The molecule has 12 aromatic carbocycles. The Bertz CT molecular complexity index is 4040. The molecule has 69 heavy (non-hydrogen) atoms. The number of benzene rings is 12. The standard InChI is InChI=1S/C69H50/c1-67(2)61-31-39(41-25-29-53-59-35-55-47-19-11-7-15-43(47)45-17-9-13-21-49(45)57(55)37-65(59)68(3,4)63(53)33-41)23-27-51(61)52-28-24-40(32-62(52)67)42-26-30-54-60-36-56-48-20-12-8-16-44(48)46-18-10-14-22-50(46)58(56)38-66(60)69(5,6)64(54)34-42/h7-38H,1-6H3. The van der Waals surface area contributed by atoms with Gasteiger partial charge in [0.15, 0.2) is 0 Å². The van der Waals surface area contributed by atoms with Crippen LogP contribution >= 0.6 is 0 Å². The number of rotatable bonds is 2. The van der Waals surface area contributed by atoms with Crippen LogP contribution in [0.1, 0.15) is 74.9 Å². The Balaban J connectivity index is 0.790. The summed E-state index contributed by atoms with van der Waals surface area (Å²) in [6.45, 7) is 14.5. The highest BCUT2D eigenvalue weighted by Gasteiger charge is 2.40. The topological polar surface area (TPSA) is 0 Å². The highest BCUT2D eigenvalue weighted by atomic mass is 14.4. The zero-order chi connectivity index (χ0) is 46.3. The van der Waals surface area contributed by atoms with Gasteiger partial charge in [-0.2, -0.15) is 0 Å². The van der Waals surface area contributed by atoms with E-state index in [2.05, 4.69) is 236 Å². The fourth-order valence-corrected chi connectivity index (χ4v) is 13.7. The van der Waals surface area contributed by atoms with Crippen LogP contribution < -0.4 is 0 Å². The molecule has 0 N–H and O–H groups in total. The van der Waals surface area contributed by atoms with E-state index in [0.717, 1.165) is 0 Å². The molecule has 3 aliphatic carbocycles. The Morgan fingerprint density at radius 2 is 0.391 bits per heavy atom. The van der Waals surface area contributed by atoms with Crippen LogP contribution in [-0.2, 0) is 16.2 Å². The maximum atomic E-state index is 2.51. The Labute approximate surface area is 403 Å². The summed E-state index contributed by atoms with van der Waals surface area (Å²) in [4.78, 5) is 0. The van der Waals surface area contributed by atoms with E-state index >= 15 is 0 Å². The summed E-state index contributed by atoms with van der Waals surface area (Å²) in [5.74, 6) is 0. The summed E-state index contributed by atoms with van der Waals surface area (Å²) in [5, 5.41) is 15.9. The van der Waals surface area contributed by atoms with Gasteiger partial charge < -0.3 is 0 Å². The van der Waals surface area contributed by atoms with Crippen molar-refractivity contribution in [3.8, 4) is 55.6 Å². The Kier molecular flexibility index (Phi) is 7.53. The molecule has 0 bridgehead atoms. The van der Waals surface area contributed by atoms with Crippen molar-refractivity contribution < 1.29 is 0 Å². The first-order valence-electron chi connectivity index (χ1n) is 24.8. The summed E-state index contributed by atoms with van der Waals surface area (Å²) in [7, 11) is 0. The molecule has 0 radical (unpaired) electrons. The predicted molar refractivity (Wildman–Crippen MR) is 295 cm³/mol. The van der Waals surface area contributed by atoms with Crippen molar-refractivity contribution in [2.75, 3.05) is 0 Å². The minimum Gasteiger partial charge on any atom is -0.0616 e. The van der Waals surface area contributed by atoms with Crippen LogP contribution in [0.3, 0.4) is 0 Å². The Morgan fingerprint density at radius 3 is 0.652 bits per heavy atom. The minimum atomic E-state index is -0.160. The van der Waals surface area contributed by atoms with Gasteiger partial charge in [0.1, 0.15) is 0 Å². The Hall–Kier alpha value is -7.80. The Morgan fingerprint density at radius 1 is 0.188 bits per heavy atom. The third-order valence-electron chi connectivity index (χ3n) is 17.4. The van der Waals surface area contributed by atoms with Gasteiger partial charge in [0.05, 0.1) is 0 Å². The van der Waals surface area contributed by atoms with E-state index in [1.165, 1.54) is 154 Å². The molecule has 15 rings (SSSR count). The normalized spacial score (nSPS) is 15.4. The first-order chi connectivity index (χ1) is 33.5. The second-order valence-corrected chi connectivity index (χ2v) is 22.0. The highest BCUT2D eigenvalue weighted by Crippen LogP contribution is 2.56. The lowest BCUT2D eigenvalue weighted by Gasteiger charge is -2.24. The minimum absolute atomic E-state index is 0.141. The van der Waals surface area contributed by atoms with Gasteiger partial charge in [-0.25, -0.2) is 0 Å². The van der Waals surface area contributed by atoms with Crippen LogP contribution in [0.4, 0.5) is 0 Å². The van der Waals surface area contributed by atoms with Crippen LogP contribution in [-0.4, -0.2) is 0 Å². The molecule has 0 saturated carbocycles. The zero-order valence-corrected chi connectivity index (χ0v) is 40.0. The molecule has 0 heteroatoms. The average Bonchev–Trinajstić information content (AvgIpc) is 3.85. The van der Waals surface area contributed by atoms with Gasteiger partial charge in [0.25, 0.3) is 0 Å². The maximum absolute atomic E-state index is 2.51. The SMILES string of the molecule is CC1(C)c2cc(-c3ccc4c(c3)C(C)(C)c3cc5c6ccccc6c6ccccc6c5cc3-4)ccc2-c2ccc(-c3ccc4c(c3)C(C)(C)c3cc5c6ccccc6c6ccccc6c5cc3-4)cc21. The summed E-state index contributed by atoms with van der Waals surface area (Å²) in [6, 6.07) is 74.7. The van der Waals surface area contributed by atoms with Crippen LogP contribution in [0.5, 0.6) is 0 Å². The second kappa shape index (κ2) is 13.2. The van der Waals surface area contributed by atoms with E-state index in [-0.39, 0.29) is 16.2 Å². The number of hydrogen-bond acceptors (Lipinski definition) is 0. The third kappa shape index (κ3) is 5.09. The van der Waals surface area contributed by atoms with E-state index in [9.17, 15) is 0 Å². The number of hydrogen-bond donors (Lipinski definition) is 0. The molecule has 0 heterocycles. The average molecular weight is 879 g/mol. The van der Waals surface area contributed by atoms with E-state index < -0.39 is 0 Å². The van der Waals surface area contributed by atoms with Gasteiger partial charge in [-0.05, 0) is 202 Å². The monoisotopic (exact) mass is 878 g/mol. The van der Waals surface area contributed by atoms with Crippen molar-refractivity contribution in [3.05, 3.63) is 228 Å². The lowest BCUT2D eigenvalue weighted by atomic mass is 9.79. The molecule has 0 nitrogen and oxygen atoms in total. The molecule has 0 amide bonds. The summed E-state index contributed by atoms with van der Waals surface area (Å²) in [6.07, 6.45) is 0. The van der Waals surface area contributed by atoms with E-state index in [1.807, 2.05) is 0 Å². The molecule has 0 aromatic heterocycles. The molecule has 0 fully saturated rings. The summed E-state index contributed by atoms with van der Waals surface area (Å²) < 4.78 is 0. The zero-order valence-electron chi connectivity index (χ0n) is 40.0. The number of fused-ring (bicyclic) bond motifs is 21. The van der Waals surface area contributed by atoms with Gasteiger partial charge >= 0.3 is 0 Å². The van der Waals surface area contributed by atoms with Crippen LogP contribution in [0.2, 0.25) is 0 Å². The smallest absolute Gasteiger partial charge is 0.0159 e. The van der Waals surface area contributed by atoms with Gasteiger partial charge in [0.2, 0.25) is 0 Å². The largest absolute Gasteiger partial charge is 0.0616 e. The first-order valence-corrected chi connectivity index (χ1v) is 24.8. The van der Waals surface area contributed by atoms with E-state index in [0.29, 0.717) is 0 Å². The van der Waals surface area contributed by atoms with Gasteiger partial charge in [0, 0.05) is 16.2 Å². The van der Waals surface area contributed by atoms with Crippen LogP contribution in [0, 0.1) is 0 Å². The van der Waals surface area contributed by atoms with Crippen molar-refractivity contribution in [3.63, 3.8) is 0 Å². The van der Waals surface area contributed by atoms with Gasteiger partial charge in [-0.1, -0.05) is 187 Å². The van der Waals surface area contributed by atoms with E-state index in [1.54, 1.807) is 0 Å². The van der Waals surface area contributed by atoms with Crippen molar-refractivity contribution in [2.24, 2.45) is 0 Å². The lowest BCUT2D eigenvalue weighted by Crippen LogP contribution is -2.16. The quantitative estimate of drug-likeness (QED) is 0.152. The molecule has 0 spiro atoms. The fraction of sp³-hybridized carbons (Fsp3) is 0.130. The van der Waals surface area contributed by atoms with Gasteiger partial charge in [-0.15, -0.1) is 0 Å². The molecule has 0 aliphatic heterocycles. The molecular formula is C69H50. The molecular weight excluding hydrogens is 829 g/mol. The highest BCUT2D eigenvalue weighted by molar-refractivity contribution is 6.27. The molecule has 0 atom stereocenters. The molecule has 0 saturated heterocycles. The van der Waals surface area contributed by atoms with Crippen molar-refractivity contribution in [1.82, 2.24) is 0 Å². The van der Waals surface area contributed by atoms with E-state index in [4.69, 9.17) is 0 Å². The maximum Gasteiger partial charge on any atom is 0.0159 e. The van der Waals surface area contributed by atoms with Gasteiger partial charge in [-0.3, -0.25) is 0 Å². The molecule has 12 aromatic rings. The second-order valence-electron chi connectivity index (χ2n) is 22.0. The van der Waals surface area contributed by atoms with Crippen LogP contribution in [0.25, 0.3) is 120 Å². The van der Waals surface area contributed by atoms with Crippen LogP contribution in [0.15, 0.2) is 194 Å². The first kappa shape index (κ1) is 39.2. The summed E-state index contributed by atoms with van der Waals surface area (Å²) >= 11 is 0. The molecule has 0 unspecified atom stereocenters. The lowest BCUT2D eigenvalue weighted by molar-refractivity contribution is 0.659. The van der Waals surface area contributed by atoms with Crippen molar-refractivity contribution >= 4 is 64.6 Å². The predicted octanol–water partition coefficient (Wildman–Crippen LogP) is 18.9. The fourth-order valence-electron chi connectivity index (χ4n) is 13.7. The molecule has 326 valence electrons.